The summed E-state index contributed by atoms with van der Waals surface area (Å²) in [4.78, 5) is 21.2. The van der Waals surface area contributed by atoms with Gasteiger partial charge in [-0.2, -0.15) is 0 Å². The number of benzene rings is 2. The number of guanidine groups is 1. The van der Waals surface area contributed by atoms with E-state index < -0.39 is 0 Å². The van der Waals surface area contributed by atoms with Crippen molar-refractivity contribution in [1.82, 2.24) is 10.2 Å². The van der Waals surface area contributed by atoms with E-state index in [4.69, 9.17) is 0 Å². The minimum atomic E-state index is -0.191. The molecule has 3 N–H and O–H groups in total. The summed E-state index contributed by atoms with van der Waals surface area (Å²) in [5.41, 5.74) is 1.87. The van der Waals surface area contributed by atoms with E-state index in [0.717, 1.165) is 38.7 Å². The zero-order valence-electron chi connectivity index (χ0n) is 16.5. The zero-order valence-corrected chi connectivity index (χ0v) is 18.9. The maximum Gasteiger partial charge on any atom is 0.246 e. The second kappa shape index (κ2) is 11.5. The predicted octanol–water partition coefficient (Wildman–Crippen LogP) is 2.74. The van der Waals surface area contributed by atoms with E-state index in [1.54, 1.807) is 12.1 Å². The molecule has 1 fully saturated rings. The van der Waals surface area contributed by atoms with Gasteiger partial charge in [-0.15, -0.1) is 24.0 Å². The molecule has 1 aliphatic heterocycles. The summed E-state index contributed by atoms with van der Waals surface area (Å²) in [5, 5.41) is 15.4. The number of nitrogens with one attached hydrogen (secondary N) is 2. The number of aliphatic imine (C=N–C) groups is 1. The molecular weight excluding hydrogens is 481 g/mol. The average molecular weight is 509 g/mol. The van der Waals surface area contributed by atoms with Gasteiger partial charge in [0.25, 0.3) is 0 Å². The molecule has 0 saturated carbocycles. The molecule has 29 heavy (non-hydrogen) atoms. The Morgan fingerprint density at radius 1 is 1.03 bits per heavy atom. The first-order valence-electron chi connectivity index (χ1n) is 9.58. The van der Waals surface area contributed by atoms with Crippen LogP contribution in [0.2, 0.25) is 0 Å². The minimum absolute atomic E-state index is 0. The van der Waals surface area contributed by atoms with Gasteiger partial charge in [-0.25, -0.2) is 4.99 Å². The lowest BCUT2D eigenvalue weighted by atomic mass is 10.2. The van der Waals surface area contributed by atoms with Crippen LogP contribution in [0.5, 0.6) is 5.75 Å². The van der Waals surface area contributed by atoms with Gasteiger partial charge < -0.3 is 25.5 Å². The number of hydrogen-bond donors (Lipinski definition) is 3. The number of aromatic hydroxyl groups is 1. The van der Waals surface area contributed by atoms with Gasteiger partial charge in [0.15, 0.2) is 5.96 Å². The van der Waals surface area contributed by atoms with Gasteiger partial charge in [-0.1, -0.05) is 18.2 Å². The summed E-state index contributed by atoms with van der Waals surface area (Å²) in [6, 6.07) is 16.8. The quantitative estimate of drug-likeness (QED) is 0.250. The van der Waals surface area contributed by atoms with Gasteiger partial charge in [-0.05, 0) is 43.3 Å². The van der Waals surface area contributed by atoms with Crippen molar-refractivity contribution in [2.45, 2.75) is 6.92 Å². The Labute approximate surface area is 188 Å². The maximum absolute atomic E-state index is 12.2. The molecule has 1 aliphatic rings. The molecule has 2 aromatic carbocycles. The lowest BCUT2D eigenvalue weighted by Crippen LogP contribution is -2.52. The first-order chi connectivity index (χ1) is 13.7. The van der Waals surface area contributed by atoms with E-state index in [2.05, 4.69) is 49.7 Å². The highest BCUT2D eigenvalue weighted by Gasteiger charge is 2.20. The van der Waals surface area contributed by atoms with Crippen LogP contribution in [0.3, 0.4) is 0 Å². The Morgan fingerprint density at radius 3 is 2.31 bits per heavy atom. The third kappa shape index (κ3) is 6.81. The standard InChI is InChI=1S/C21H27N5O2.HI/c1-2-22-21(23-16-20(28)24-17-8-10-19(27)11-9-17)26-14-12-25(13-15-26)18-6-4-3-5-7-18;/h3-11,27H,2,12-16H2,1H3,(H,22,23)(H,24,28);1H. The molecule has 8 heteroatoms. The summed E-state index contributed by atoms with van der Waals surface area (Å²) >= 11 is 0. The van der Waals surface area contributed by atoms with Crippen molar-refractivity contribution in [1.29, 1.82) is 0 Å². The summed E-state index contributed by atoms with van der Waals surface area (Å²) in [7, 11) is 0. The molecule has 0 aliphatic carbocycles. The number of carbonyl (C=O) groups excluding carboxylic acids is 1. The number of phenols is 1. The third-order valence-electron chi connectivity index (χ3n) is 4.56. The topological polar surface area (TPSA) is 80.2 Å². The van der Waals surface area contributed by atoms with Crippen molar-refractivity contribution < 1.29 is 9.90 Å². The van der Waals surface area contributed by atoms with Crippen molar-refractivity contribution in [2.75, 3.05) is 49.5 Å². The van der Waals surface area contributed by atoms with E-state index in [9.17, 15) is 9.90 Å². The number of phenolic OH excluding ortho intramolecular Hbond substituents is 1. The molecule has 7 nitrogen and oxygen atoms in total. The Hall–Kier alpha value is -2.49. The van der Waals surface area contributed by atoms with Gasteiger partial charge in [0, 0.05) is 44.1 Å². The Bertz CT molecular complexity index is 790. The highest BCUT2D eigenvalue weighted by molar-refractivity contribution is 14.0. The van der Waals surface area contributed by atoms with Crippen LogP contribution in [0, 0.1) is 0 Å². The van der Waals surface area contributed by atoms with Crippen molar-refractivity contribution >= 4 is 47.2 Å². The molecule has 0 radical (unpaired) electrons. The van der Waals surface area contributed by atoms with E-state index in [-0.39, 0.29) is 42.2 Å². The number of halogens is 1. The SMILES string of the molecule is CCNC(=NCC(=O)Nc1ccc(O)cc1)N1CCN(c2ccccc2)CC1.I. The number of nitrogens with zero attached hydrogens (tertiary/aromatic N) is 3. The van der Waals surface area contributed by atoms with Gasteiger partial charge in [-0.3, -0.25) is 4.79 Å². The largest absolute Gasteiger partial charge is 0.508 e. The predicted molar refractivity (Wildman–Crippen MR) is 128 cm³/mol. The molecule has 0 unspecified atom stereocenters. The second-order valence-corrected chi connectivity index (χ2v) is 6.57. The van der Waals surface area contributed by atoms with E-state index in [0.29, 0.717) is 5.69 Å². The normalized spacial score (nSPS) is 14.2. The molecular formula is C21H28IN5O2. The molecule has 0 aromatic heterocycles. The molecule has 1 amide bonds. The van der Waals surface area contributed by atoms with Crippen LogP contribution in [-0.4, -0.2) is 61.1 Å². The number of hydrogen-bond acceptors (Lipinski definition) is 4. The average Bonchev–Trinajstić information content (AvgIpc) is 2.73. The number of anilines is 2. The summed E-state index contributed by atoms with van der Waals surface area (Å²) in [6.45, 7) is 6.33. The molecule has 156 valence electrons. The fourth-order valence-electron chi connectivity index (χ4n) is 3.13. The fraction of sp³-hybridized carbons (Fsp3) is 0.333. The van der Waals surface area contributed by atoms with Crippen molar-refractivity contribution in [3.63, 3.8) is 0 Å². The lowest BCUT2D eigenvalue weighted by Gasteiger charge is -2.37. The molecule has 1 heterocycles. The zero-order chi connectivity index (χ0) is 19.8. The van der Waals surface area contributed by atoms with Crippen LogP contribution in [-0.2, 0) is 4.79 Å². The van der Waals surface area contributed by atoms with Gasteiger partial charge in [0.1, 0.15) is 12.3 Å². The first-order valence-corrected chi connectivity index (χ1v) is 9.58. The number of amides is 1. The minimum Gasteiger partial charge on any atom is -0.508 e. The Kier molecular flexibility index (Phi) is 9.04. The van der Waals surface area contributed by atoms with Crippen LogP contribution in [0.25, 0.3) is 0 Å². The number of rotatable bonds is 5. The van der Waals surface area contributed by atoms with Crippen LogP contribution >= 0.6 is 24.0 Å². The third-order valence-corrected chi connectivity index (χ3v) is 4.56. The van der Waals surface area contributed by atoms with E-state index >= 15 is 0 Å². The number of para-hydroxylation sites is 1. The van der Waals surface area contributed by atoms with Crippen LogP contribution in [0.4, 0.5) is 11.4 Å². The number of piperazine rings is 1. The molecule has 1 saturated heterocycles. The highest BCUT2D eigenvalue weighted by atomic mass is 127. The monoisotopic (exact) mass is 509 g/mol. The van der Waals surface area contributed by atoms with Crippen LogP contribution in [0.15, 0.2) is 59.6 Å². The highest BCUT2D eigenvalue weighted by Crippen LogP contribution is 2.16. The molecule has 0 bridgehead atoms. The van der Waals surface area contributed by atoms with E-state index in [1.165, 1.54) is 17.8 Å². The first kappa shape index (κ1) is 22.8. The van der Waals surface area contributed by atoms with Crippen molar-refractivity contribution in [2.24, 2.45) is 4.99 Å². The molecule has 0 spiro atoms. The van der Waals surface area contributed by atoms with Crippen molar-refractivity contribution in [3.8, 4) is 5.75 Å². The second-order valence-electron chi connectivity index (χ2n) is 6.57. The Morgan fingerprint density at radius 2 is 1.69 bits per heavy atom. The van der Waals surface area contributed by atoms with Crippen molar-refractivity contribution in [3.05, 3.63) is 54.6 Å². The van der Waals surface area contributed by atoms with E-state index in [1.807, 2.05) is 13.0 Å². The summed E-state index contributed by atoms with van der Waals surface area (Å²) < 4.78 is 0. The van der Waals surface area contributed by atoms with Crippen LogP contribution in [0.1, 0.15) is 6.92 Å². The molecule has 3 rings (SSSR count). The van der Waals surface area contributed by atoms with Crippen LogP contribution < -0.4 is 15.5 Å². The maximum atomic E-state index is 12.2. The molecule has 0 atom stereocenters. The summed E-state index contributed by atoms with van der Waals surface area (Å²) in [6.07, 6.45) is 0. The van der Waals surface area contributed by atoms with Gasteiger partial charge >= 0.3 is 0 Å². The van der Waals surface area contributed by atoms with Gasteiger partial charge in [0.05, 0.1) is 0 Å². The summed E-state index contributed by atoms with van der Waals surface area (Å²) in [5.74, 6) is 0.736. The van der Waals surface area contributed by atoms with Gasteiger partial charge in [0.2, 0.25) is 5.91 Å². The number of carbonyl (C=O) groups is 1. The Balaban J connectivity index is 0.00000300. The smallest absolute Gasteiger partial charge is 0.246 e. The fourth-order valence-corrected chi connectivity index (χ4v) is 3.13. The molecule has 2 aromatic rings. The lowest BCUT2D eigenvalue weighted by molar-refractivity contribution is -0.114.